The van der Waals surface area contributed by atoms with Gasteiger partial charge < -0.3 is 10.2 Å². The summed E-state index contributed by atoms with van der Waals surface area (Å²) in [6.07, 6.45) is 6.44. The van der Waals surface area contributed by atoms with E-state index in [1.54, 1.807) is 11.3 Å². The van der Waals surface area contributed by atoms with Gasteiger partial charge in [-0.3, -0.25) is 9.69 Å². The number of likely N-dealkylation sites (N-methyl/N-ethyl adjacent to an activating group) is 1. The van der Waals surface area contributed by atoms with E-state index in [-0.39, 0.29) is 12.3 Å². The molecule has 0 spiro atoms. The highest BCUT2D eigenvalue weighted by atomic mass is 32.1. The molecule has 5 rings (SSSR count). The number of carbonyl (C=O) groups excluding carboxylic acids is 1. The molecule has 9 heteroatoms. The fourth-order valence-electron chi connectivity index (χ4n) is 4.72. The predicted molar refractivity (Wildman–Crippen MR) is 138 cm³/mol. The Morgan fingerprint density at radius 1 is 1.12 bits per heavy atom. The van der Waals surface area contributed by atoms with Crippen LogP contribution in [0.25, 0.3) is 10.6 Å². The van der Waals surface area contributed by atoms with Crippen molar-refractivity contribution in [3.05, 3.63) is 45.9 Å². The highest BCUT2D eigenvalue weighted by molar-refractivity contribution is 7.15. The molecular formula is C25H32N6OS2. The number of thiazole rings is 1. The van der Waals surface area contributed by atoms with Crippen molar-refractivity contribution in [1.29, 1.82) is 0 Å². The molecule has 1 aliphatic heterocycles. The average Bonchev–Trinajstić information content (AvgIpc) is 3.51. The van der Waals surface area contributed by atoms with Gasteiger partial charge in [0.1, 0.15) is 10.0 Å². The fraction of sp³-hybridized carbons (Fsp3) is 0.520. The molecule has 0 bridgehead atoms. The molecule has 3 heterocycles. The smallest absolute Gasteiger partial charge is 0.232 e. The van der Waals surface area contributed by atoms with Gasteiger partial charge in [0.2, 0.25) is 11.0 Å². The first kappa shape index (κ1) is 23.5. The maximum atomic E-state index is 12.6. The van der Waals surface area contributed by atoms with Gasteiger partial charge in [0.05, 0.1) is 12.1 Å². The topological polar surface area (TPSA) is 74.2 Å². The number of aromatic nitrogens is 3. The predicted octanol–water partition coefficient (Wildman–Crippen LogP) is 4.64. The average molecular weight is 497 g/mol. The van der Waals surface area contributed by atoms with Crippen LogP contribution in [-0.2, 0) is 17.8 Å². The minimum atomic E-state index is -0.0907. The molecule has 1 aromatic carbocycles. The standard InChI is InChI=1S/C25H32N6OS2/c1-30-10-12-31(13-11-30)16-18-6-5-9-20(14-18)23-26-21(17-33-23)15-22(32)27-25-29-28-24(34-25)19-7-3-2-4-8-19/h5-6,9,14,17,19H,2-4,7-8,10-13,15-16H2,1H3,(H,27,29,32). The minimum absolute atomic E-state index is 0.0907. The second-order valence-electron chi connectivity index (χ2n) is 9.43. The molecule has 0 unspecified atom stereocenters. The molecule has 34 heavy (non-hydrogen) atoms. The van der Waals surface area contributed by atoms with E-state index < -0.39 is 0 Å². The number of hydrogen-bond acceptors (Lipinski definition) is 8. The van der Waals surface area contributed by atoms with Gasteiger partial charge in [-0.05, 0) is 31.5 Å². The maximum Gasteiger partial charge on any atom is 0.232 e. The molecule has 1 saturated carbocycles. The van der Waals surface area contributed by atoms with Crippen LogP contribution < -0.4 is 5.32 Å². The number of benzene rings is 1. The van der Waals surface area contributed by atoms with E-state index in [9.17, 15) is 4.79 Å². The van der Waals surface area contributed by atoms with E-state index in [1.807, 2.05) is 5.38 Å². The number of anilines is 1. The summed E-state index contributed by atoms with van der Waals surface area (Å²) in [6.45, 7) is 5.42. The summed E-state index contributed by atoms with van der Waals surface area (Å²) in [5.74, 6) is 0.414. The second kappa shape index (κ2) is 11.0. The van der Waals surface area contributed by atoms with Crippen molar-refractivity contribution in [2.75, 3.05) is 38.5 Å². The monoisotopic (exact) mass is 496 g/mol. The Bertz CT molecular complexity index is 1100. The zero-order valence-electron chi connectivity index (χ0n) is 19.7. The maximum absolute atomic E-state index is 12.6. The van der Waals surface area contributed by atoms with Crippen molar-refractivity contribution in [3.63, 3.8) is 0 Å². The number of hydrogen-bond donors (Lipinski definition) is 1. The van der Waals surface area contributed by atoms with Gasteiger partial charge in [0, 0.05) is 49.6 Å². The van der Waals surface area contributed by atoms with Crippen molar-refractivity contribution < 1.29 is 4.79 Å². The van der Waals surface area contributed by atoms with E-state index in [1.165, 1.54) is 49.0 Å². The zero-order valence-corrected chi connectivity index (χ0v) is 21.3. The van der Waals surface area contributed by atoms with E-state index >= 15 is 0 Å². The molecule has 1 aliphatic carbocycles. The van der Waals surface area contributed by atoms with Crippen molar-refractivity contribution in [1.82, 2.24) is 25.0 Å². The molecule has 0 atom stereocenters. The fourth-order valence-corrected chi connectivity index (χ4v) is 6.46. The molecule has 180 valence electrons. The van der Waals surface area contributed by atoms with Crippen LogP contribution in [0.2, 0.25) is 0 Å². The Morgan fingerprint density at radius 3 is 2.76 bits per heavy atom. The Hall–Kier alpha value is -2.20. The third-order valence-electron chi connectivity index (χ3n) is 6.71. The van der Waals surface area contributed by atoms with Crippen molar-refractivity contribution in [2.24, 2.45) is 0 Å². The molecule has 2 fully saturated rings. The first-order chi connectivity index (χ1) is 16.6. The Labute approximate surface area is 209 Å². The summed E-state index contributed by atoms with van der Waals surface area (Å²) in [5, 5.41) is 16.0. The molecule has 3 aromatic rings. The van der Waals surface area contributed by atoms with E-state index in [4.69, 9.17) is 4.98 Å². The molecule has 1 saturated heterocycles. The van der Waals surface area contributed by atoms with Gasteiger partial charge in [-0.15, -0.1) is 21.5 Å². The second-order valence-corrected chi connectivity index (χ2v) is 11.3. The summed E-state index contributed by atoms with van der Waals surface area (Å²) >= 11 is 3.11. The van der Waals surface area contributed by atoms with Crippen LogP contribution >= 0.6 is 22.7 Å². The molecule has 1 amide bonds. The first-order valence-corrected chi connectivity index (χ1v) is 13.9. The van der Waals surface area contributed by atoms with Gasteiger partial charge in [-0.25, -0.2) is 4.98 Å². The number of rotatable bonds is 7. The highest BCUT2D eigenvalue weighted by Gasteiger charge is 2.20. The Kier molecular flexibility index (Phi) is 7.63. The number of nitrogens with zero attached hydrogens (tertiary/aromatic N) is 5. The number of piperazine rings is 1. The molecule has 7 nitrogen and oxygen atoms in total. The minimum Gasteiger partial charge on any atom is -0.304 e. The summed E-state index contributed by atoms with van der Waals surface area (Å²) < 4.78 is 0. The molecule has 0 radical (unpaired) electrons. The normalized spacial score (nSPS) is 18.3. The van der Waals surface area contributed by atoms with Crippen LogP contribution in [-0.4, -0.2) is 64.1 Å². The van der Waals surface area contributed by atoms with Gasteiger partial charge in [-0.2, -0.15) is 0 Å². The van der Waals surface area contributed by atoms with Crippen LogP contribution in [0.3, 0.4) is 0 Å². The SMILES string of the molecule is CN1CCN(Cc2cccc(-c3nc(CC(=O)Nc4nnc(C5CCCCC5)s4)cs3)c2)CC1. The van der Waals surface area contributed by atoms with Gasteiger partial charge in [-0.1, -0.05) is 48.8 Å². The summed E-state index contributed by atoms with van der Waals surface area (Å²) in [5.41, 5.74) is 3.21. The van der Waals surface area contributed by atoms with Gasteiger partial charge in [0.25, 0.3) is 0 Å². The van der Waals surface area contributed by atoms with Crippen molar-refractivity contribution >= 4 is 33.7 Å². The lowest BCUT2D eigenvalue weighted by Crippen LogP contribution is -2.43. The van der Waals surface area contributed by atoms with E-state index in [2.05, 4.69) is 56.6 Å². The summed E-state index contributed by atoms with van der Waals surface area (Å²) in [6, 6.07) is 8.63. The Morgan fingerprint density at radius 2 is 1.94 bits per heavy atom. The summed E-state index contributed by atoms with van der Waals surface area (Å²) in [4.78, 5) is 22.2. The molecule has 2 aliphatic rings. The first-order valence-electron chi connectivity index (χ1n) is 12.2. The number of carbonyl (C=O) groups is 1. The van der Waals surface area contributed by atoms with Gasteiger partial charge >= 0.3 is 0 Å². The lowest BCUT2D eigenvalue weighted by molar-refractivity contribution is -0.115. The van der Waals surface area contributed by atoms with Crippen LogP contribution in [0.1, 0.15) is 54.3 Å². The highest BCUT2D eigenvalue weighted by Crippen LogP contribution is 2.35. The third-order valence-corrected chi connectivity index (χ3v) is 8.65. The van der Waals surface area contributed by atoms with Crippen LogP contribution in [0.5, 0.6) is 0 Å². The lowest BCUT2D eigenvalue weighted by atomic mass is 9.90. The van der Waals surface area contributed by atoms with Crippen LogP contribution in [0.4, 0.5) is 5.13 Å². The number of nitrogens with one attached hydrogen (secondary N) is 1. The largest absolute Gasteiger partial charge is 0.304 e. The lowest BCUT2D eigenvalue weighted by Gasteiger charge is -2.32. The summed E-state index contributed by atoms with van der Waals surface area (Å²) in [7, 11) is 2.18. The van der Waals surface area contributed by atoms with Gasteiger partial charge in [0.15, 0.2) is 0 Å². The van der Waals surface area contributed by atoms with Crippen molar-refractivity contribution in [2.45, 2.75) is 51.0 Å². The number of amides is 1. The molecule has 2 aromatic heterocycles. The van der Waals surface area contributed by atoms with Crippen LogP contribution in [0, 0.1) is 0 Å². The zero-order chi connectivity index (χ0) is 23.3. The van der Waals surface area contributed by atoms with E-state index in [0.29, 0.717) is 11.0 Å². The Balaban J connectivity index is 1.16. The quantitative estimate of drug-likeness (QED) is 0.514. The van der Waals surface area contributed by atoms with Crippen LogP contribution in [0.15, 0.2) is 29.6 Å². The van der Waals surface area contributed by atoms with E-state index in [0.717, 1.165) is 54.0 Å². The molecule has 1 N–H and O–H groups in total. The van der Waals surface area contributed by atoms with Crippen molar-refractivity contribution in [3.8, 4) is 10.6 Å². The molecular weight excluding hydrogens is 464 g/mol. The third kappa shape index (κ3) is 6.07.